The van der Waals surface area contributed by atoms with Crippen LogP contribution in [-0.4, -0.2) is 61.7 Å². The molecule has 0 saturated carbocycles. The maximum absolute atomic E-state index is 13.3. The molecule has 1 atom stereocenters. The summed E-state index contributed by atoms with van der Waals surface area (Å²) in [6.07, 6.45) is 0. The average Bonchev–Trinajstić information content (AvgIpc) is 2.76. The van der Waals surface area contributed by atoms with Crippen molar-refractivity contribution in [1.29, 1.82) is 0 Å². The molecule has 0 spiro atoms. The largest absolute Gasteiger partial charge is 0.497 e. The molecule has 0 unspecified atom stereocenters. The van der Waals surface area contributed by atoms with Crippen molar-refractivity contribution in [2.45, 2.75) is 57.6 Å². The summed E-state index contributed by atoms with van der Waals surface area (Å²) in [4.78, 5) is 27.7. The predicted molar refractivity (Wildman–Crippen MR) is 132 cm³/mol. The molecule has 2 amide bonds. The highest BCUT2D eigenvalue weighted by atomic mass is 32.2. The maximum atomic E-state index is 13.3. The lowest BCUT2D eigenvalue weighted by atomic mass is 10.1. The monoisotopic (exact) mass is 489 g/mol. The van der Waals surface area contributed by atoms with Gasteiger partial charge in [0.2, 0.25) is 21.8 Å². The van der Waals surface area contributed by atoms with Gasteiger partial charge in [-0.1, -0.05) is 29.8 Å². The van der Waals surface area contributed by atoms with Crippen LogP contribution in [0.1, 0.15) is 38.8 Å². The lowest BCUT2D eigenvalue weighted by molar-refractivity contribution is -0.141. The fourth-order valence-electron chi connectivity index (χ4n) is 3.24. The Labute approximate surface area is 202 Å². The Morgan fingerprint density at radius 2 is 1.59 bits per heavy atom. The minimum Gasteiger partial charge on any atom is -0.497 e. The third-order valence-electron chi connectivity index (χ3n) is 5.26. The summed E-state index contributed by atoms with van der Waals surface area (Å²) in [5.41, 5.74) is 1.24. The van der Waals surface area contributed by atoms with E-state index in [0.29, 0.717) is 5.75 Å². The number of carbonyl (C=O) groups is 2. The molecular formula is C25H35N3O5S. The Balaban J connectivity index is 2.29. The summed E-state index contributed by atoms with van der Waals surface area (Å²) < 4.78 is 32.2. The molecule has 2 aromatic rings. The van der Waals surface area contributed by atoms with Crippen molar-refractivity contribution in [3.63, 3.8) is 0 Å². The lowest BCUT2D eigenvalue weighted by Gasteiger charge is -2.32. The minimum absolute atomic E-state index is 0.105. The van der Waals surface area contributed by atoms with Crippen LogP contribution in [0.25, 0.3) is 0 Å². The Bertz CT molecular complexity index is 1090. The first-order valence-electron chi connectivity index (χ1n) is 11.0. The van der Waals surface area contributed by atoms with Gasteiger partial charge >= 0.3 is 0 Å². The molecule has 0 saturated heterocycles. The topological polar surface area (TPSA) is 96.0 Å². The third kappa shape index (κ3) is 7.30. The van der Waals surface area contributed by atoms with Crippen molar-refractivity contribution in [2.75, 3.05) is 20.7 Å². The van der Waals surface area contributed by atoms with Crippen LogP contribution >= 0.6 is 0 Å². The number of benzene rings is 2. The zero-order chi connectivity index (χ0) is 25.7. The molecule has 8 nitrogen and oxygen atoms in total. The molecule has 0 bridgehead atoms. The van der Waals surface area contributed by atoms with Gasteiger partial charge in [0.1, 0.15) is 11.8 Å². The highest BCUT2D eigenvalue weighted by molar-refractivity contribution is 7.89. The van der Waals surface area contributed by atoms with Gasteiger partial charge < -0.3 is 15.0 Å². The Hall–Kier alpha value is -2.91. The van der Waals surface area contributed by atoms with Crippen LogP contribution in [0, 0.1) is 6.92 Å². The van der Waals surface area contributed by atoms with E-state index in [2.05, 4.69) is 5.32 Å². The fourth-order valence-corrected chi connectivity index (χ4v) is 4.36. The number of nitrogens with one attached hydrogen (secondary N) is 1. The van der Waals surface area contributed by atoms with E-state index in [0.717, 1.165) is 15.4 Å². The average molecular weight is 490 g/mol. The molecule has 9 heteroatoms. The van der Waals surface area contributed by atoms with Crippen LogP contribution < -0.4 is 10.1 Å². The number of carbonyl (C=O) groups excluding carboxylic acids is 2. The summed E-state index contributed by atoms with van der Waals surface area (Å²) in [5, 5.41) is 2.89. The van der Waals surface area contributed by atoms with Crippen LogP contribution in [-0.2, 0) is 26.2 Å². The Morgan fingerprint density at radius 3 is 2.09 bits per heavy atom. The second-order valence-corrected chi connectivity index (χ2v) is 11.4. The van der Waals surface area contributed by atoms with Gasteiger partial charge in [-0.3, -0.25) is 9.59 Å². The molecule has 1 N–H and O–H groups in total. The minimum atomic E-state index is -3.87. The van der Waals surface area contributed by atoms with Gasteiger partial charge in [0, 0.05) is 19.1 Å². The molecule has 2 aromatic carbocycles. The van der Waals surface area contributed by atoms with Gasteiger partial charge in [-0.05, 0) is 64.4 Å². The number of aryl methyl sites for hydroxylation is 1. The van der Waals surface area contributed by atoms with Gasteiger partial charge in [-0.25, -0.2) is 8.42 Å². The van der Waals surface area contributed by atoms with Crippen LogP contribution in [0.15, 0.2) is 53.4 Å². The summed E-state index contributed by atoms with van der Waals surface area (Å²) in [6.45, 7) is 8.81. The SMILES string of the molecule is COc1ccc(CN(C(=O)CN(C)S(=O)(=O)c2ccc(C)cc2)[C@@H](C)C(=O)NC(C)(C)C)cc1. The lowest BCUT2D eigenvalue weighted by Crippen LogP contribution is -2.54. The highest BCUT2D eigenvalue weighted by Crippen LogP contribution is 2.18. The molecule has 0 heterocycles. The van der Waals surface area contributed by atoms with E-state index in [1.165, 1.54) is 24.1 Å². The van der Waals surface area contributed by atoms with Gasteiger partial charge in [0.15, 0.2) is 0 Å². The van der Waals surface area contributed by atoms with Crippen molar-refractivity contribution in [3.05, 3.63) is 59.7 Å². The first-order valence-corrected chi connectivity index (χ1v) is 12.5. The van der Waals surface area contributed by atoms with Gasteiger partial charge in [0.25, 0.3) is 0 Å². The highest BCUT2D eigenvalue weighted by Gasteiger charge is 2.31. The molecule has 0 radical (unpaired) electrons. The van der Waals surface area contributed by atoms with E-state index < -0.39 is 34.1 Å². The molecule has 0 fully saturated rings. The van der Waals surface area contributed by atoms with Gasteiger partial charge in [-0.15, -0.1) is 0 Å². The first kappa shape index (κ1) is 27.3. The normalized spacial score (nSPS) is 12.8. The summed E-state index contributed by atoms with van der Waals surface area (Å²) >= 11 is 0. The molecule has 0 aliphatic carbocycles. The van der Waals surface area contributed by atoms with Crippen molar-refractivity contribution < 1.29 is 22.7 Å². The number of amides is 2. The molecule has 0 aromatic heterocycles. The van der Waals surface area contributed by atoms with Crippen molar-refractivity contribution >= 4 is 21.8 Å². The number of hydrogen-bond acceptors (Lipinski definition) is 5. The number of nitrogens with zero attached hydrogens (tertiary/aromatic N) is 2. The molecule has 34 heavy (non-hydrogen) atoms. The smallest absolute Gasteiger partial charge is 0.243 e. The second kappa shape index (κ2) is 11.0. The van der Waals surface area contributed by atoms with E-state index >= 15 is 0 Å². The number of methoxy groups -OCH3 is 1. The van der Waals surface area contributed by atoms with Crippen molar-refractivity contribution in [1.82, 2.24) is 14.5 Å². The quantitative estimate of drug-likeness (QED) is 0.584. The molecular weight excluding hydrogens is 454 g/mol. The van der Waals surface area contributed by atoms with E-state index in [1.807, 2.05) is 27.7 Å². The van der Waals surface area contributed by atoms with Gasteiger partial charge in [0.05, 0.1) is 18.6 Å². The van der Waals surface area contributed by atoms with E-state index in [9.17, 15) is 18.0 Å². The molecule has 186 valence electrons. The van der Waals surface area contributed by atoms with Crippen molar-refractivity contribution in [3.8, 4) is 5.75 Å². The number of likely N-dealkylation sites (N-methyl/N-ethyl adjacent to an activating group) is 1. The number of rotatable bonds is 9. The van der Waals surface area contributed by atoms with Crippen LogP contribution in [0.2, 0.25) is 0 Å². The zero-order valence-electron chi connectivity index (χ0n) is 21.0. The van der Waals surface area contributed by atoms with Crippen LogP contribution in [0.5, 0.6) is 5.75 Å². The first-order chi connectivity index (χ1) is 15.7. The third-order valence-corrected chi connectivity index (χ3v) is 7.08. The van der Waals surface area contributed by atoms with Crippen molar-refractivity contribution in [2.24, 2.45) is 0 Å². The summed E-state index contributed by atoms with van der Waals surface area (Å²) in [6, 6.07) is 12.8. The second-order valence-electron chi connectivity index (χ2n) is 9.36. The zero-order valence-corrected chi connectivity index (χ0v) is 21.8. The number of ether oxygens (including phenoxy) is 1. The molecule has 0 aliphatic heterocycles. The molecule has 2 rings (SSSR count). The Morgan fingerprint density at radius 1 is 1.03 bits per heavy atom. The fraction of sp³-hybridized carbons (Fsp3) is 0.440. The standard InChI is InChI=1S/C25H35N3O5S/c1-18-8-14-22(15-9-18)34(31,32)27(6)17-23(29)28(19(2)24(30)26-25(3,4)5)16-20-10-12-21(33-7)13-11-20/h8-15,19H,16-17H2,1-7H3,(H,26,30)/t19-/m0/s1. The van der Waals surface area contributed by atoms with E-state index in [4.69, 9.17) is 4.74 Å². The Kier molecular flexibility index (Phi) is 8.85. The van der Waals surface area contributed by atoms with Gasteiger partial charge in [-0.2, -0.15) is 4.31 Å². The number of hydrogen-bond donors (Lipinski definition) is 1. The van der Waals surface area contributed by atoms with Crippen LogP contribution in [0.3, 0.4) is 0 Å². The summed E-state index contributed by atoms with van der Waals surface area (Å²) in [7, 11) is -0.949. The molecule has 0 aliphatic rings. The van der Waals surface area contributed by atoms with Crippen LogP contribution in [0.4, 0.5) is 0 Å². The summed E-state index contributed by atoms with van der Waals surface area (Å²) in [5.74, 6) is -0.131. The van der Waals surface area contributed by atoms with E-state index in [-0.39, 0.29) is 17.3 Å². The predicted octanol–water partition coefficient (Wildman–Crippen LogP) is 2.96. The maximum Gasteiger partial charge on any atom is 0.243 e. The number of sulfonamides is 1. The van der Waals surface area contributed by atoms with E-state index in [1.54, 1.807) is 50.4 Å².